The molecule has 1 aromatic carbocycles. The number of hydrogen-bond acceptors (Lipinski definition) is 2. The van der Waals surface area contributed by atoms with E-state index in [-0.39, 0.29) is 5.78 Å². The molecule has 90 valence electrons. The van der Waals surface area contributed by atoms with Crippen molar-refractivity contribution in [3.63, 3.8) is 0 Å². The second-order valence-electron chi connectivity index (χ2n) is 4.29. The third kappa shape index (κ3) is 2.39. The van der Waals surface area contributed by atoms with E-state index in [1.54, 1.807) is 0 Å². The molecule has 3 heteroatoms. The predicted octanol–water partition coefficient (Wildman–Crippen LogP) is 3.13. The molecule has 1 aliphatic rings. The maximum absolute atomic E-state index is 12.4. The number of Topliss-reactive ketones (excluding diaryl/α,β-unsaturated/α-hetero) is 1. The van der Waals surface area contributed by atoms with Crippen LogP contribution >= 0.6 is 0 Å². The number of hydrogen-bond donors (Lipinski definition) is 0. The summed E-state index contributed by atoms with van der Waals surface area (Å²) in [6, 6.07) is 7.55. The summed E-state index contributed by atoms with van der Waals surface area (Å²) < 4.78 is 12.4. The molecule has 0 saturated heterocycles. The van der Waals surface area contributed by atoms with Crippen LogP contribution in [-0.4, -0.2) is 9.99 Å². The number of aryl methyl sites for hydroxylation is 1. The van der Waals surface area contributed by atoms with Crippen LogP contribution in [-0.2, 0) is 15.6 Å². The fourth-order valence-corrected chi connectivity index (χ4v) is 3.48. The SMILES string of the molecule is CCC1=C(S(=O)c2ccc(C)cc2)C(=O)CC1. The standard InChI is InChI=1S/C14H16O2S/c1-3-11-6-9-13(15)14(11)17(16)12-7-4-10(2)5-8-12/h4-5,7-8H,3,6,9H2,1-2H3. The van der Waals surface area contributed by atoms with Crippen molar-refractivity contribution >= 4 is 16.6 Å². The van der Waals surface area contributed by atoms with Gasteiger partial charge in [0.1, 0.15) is 0 Å². The van der Waals surface area contributed by atoms with Crippen molar-refractivity contribution in [3.05, 3.63) is 40.3 Å². The van der Waals surface area contributed by atoms with Crippen LogP contribution < -0.4 is 0 Å². The molecule has 0 amide bonds. The van der Waals surface area contributed by atoms with Gasteiger partial charge < -0.3 is 0 Å². The highest BCUT2D eigenvalue weighted by Gasteiger charge is 2.27. The number of ketones is 1. The van der Waals surface area contributed by atoms with Crippen LogP contribution in [0.3, 0.4) is 0 Å². The topological polar surface area (TPSA) is 34.1 Å². The average molecular weight is 248 g/mol. The van der Waals surface area contributed by atoms with E-state index in [2.05, 4.69) is 0 Å². The Bertz CT molecular complexity index is 497. The van der Waals surface area contributed by atoms with Crippen molar-refractivity contribution in [2.24, 2.45) is 0 Å². The third-order valence-electron chi connectivity index (χ3n) is 3.08. The van der Waals surface area contributed by atoms with Crippen molar-refractivity contribution in [1.29, 1.82) is 0 Å². The Balaban J connectivity index is 2.37. The van der Waals surface area contributed by atoms with Gasteiger partial charge in [-0.15, -0.1) is 0 Å². The monoisotopic (exact) mass is 248 g/mol. The summed E-state index contributed by atoms with van der Waals surface area (Å²) in [4.78, 5) is 13.1. The average Bonchev–Trinajstić information content (AvgIpc) is 2.70. The first kappa shape index (κ1) is 12.2. The Morgan fingerprint density at radius 1 is 1.18 bits per heavy atom. The number of carbonyl (C=O) groups excluding carboxylic acids is 1. The maximum Gasteiger partial charge on any atom is 0.172 e. The molecule has 0 radical (unpaired) electrons. The van der Waals surface area contributed by atoms with Crippen LogP contribution in [0.15, 0.2) is 39.6 Å². The van der Waals surface area contributed by atoms with Crippen LogP contribution in [0.2, 0.25) is 0 Å². The van der Waals surface area contributed by atoms with Gasteiger partial charge >= 0.3 is 0 Å². The number of allylic oxidation sites excluding steroid dienone is 2. The van der Waals surface area contributed by atoms with Gasteiger partial charge in [-0.1, -0.05) is 24.6 Å². The summed E-state index contributed by atoms with van der Waals surface area (Å²) >= 11 is 0. The van der Waals surface area contributed by atoms with Gasteiger partial charge in [0, 0.05) is 11.3 Å². The lowest BCUT2D eigenvalue weighted by molar-refractivity contribution is -0.114. The zero-order valence-electron chi connectivity index (χ0n) is 10.2. The normalized spacial score (nSPS) is 17.6. The van der Waals surface area contributed by atoms with Gasteiger partial charge in [-0.05, 0) is 37.5 Å². The highest BCUT2D eigenvalue weighted by atomic mass is 32.2. The maximum atomic E-state index is 12.4. The molecule has 2 nitrogen and oxygen atoms in total. The molecule has 1 aliphatic carbocycles. The van der Waals surface area contributed by atoms with E-state index < -0.39 is 10.8 Å². The minimum absolute atomic E-state index is 0.0563. The van der Waals surface area contributed by atoms with E-state index in [0.717, 1.165) is 28.9 Å². The van der Waals surface area contributed by atoms with Crippen LogP contribution in [0, 0.1) is 6.92 Å². The van der Waals surface area contributed by atoms with E-state index >= 15 is 0 Å². The van der Waals surface area contributed by atoms with E-state index in [1.807, 2.05) is 38.1 Å². The third-order valence-corrected chi connectivity index (χ3v) is 4.66. The molecule has 0 N–H and O–H groups in total. The first-order valence-corrected chi connectivity index (χ1v) is 7.02. The summed E-state index contributed by atoms with van der Waals surface area (Å²) in [5, 5.41) is 0. The van der Waals surface area contributed by atoms with Crippen molar-refractivity contribution in [3.8, 4) is 0 Å². The molecule has 0 spiro atoms. The summed E-state index contributed by atoms with van der Waals surface area (Å²) in [7, 11) is -1.30. The highest BCUT2D eigenvalue weighted by molar-refractivity contribution is 7.90. The molecule has 17 heavy (non-hydrogen) atoms. The lowest BCUT2D eigenvalue weighted by Gasteiger charge is -2.05. The molecule has 1 unspecified atom stereocenters. The number of carbonyl (C=O) groups is 1. The van der Waals surface area contributed by atoms with E-state index in [9.17, 15) is 9.00 Å². The Morgan fingerprint density at radius 3 is 2.41 bits per heavy atom. The van der Waals surface area contributed by atoms with Gasteiger partial charge in [-0.25, -0.2) is 4.21 Å². The van der Waals surface area contributed by atoms with Crippen LogP contribution in [0.5, 0.6) is 0 Å². The predicted molar refractivity (Wildman–Crippen MR) is 69.1 cm³/mol. The van der Waals surface area contributed by atoms with Crippen molar-refractivity contribution in [2.45, 2.75) is 38.0 Å². The molecule has 0 saturated carbocycles. The number of benzene rings is 1. The number of rotatable bonds is 3. The lowest BCUT2D eigenvalue weighted by atomic mass is 10.2. The van der Waals surface area contributed by atoms with Gasteiger partial charge in [0.2, 0.25) is 0 Å². The van der Waals surface area contributed by atoms with Gasteiger partial charge in [-0.2, -0.15) is 0 Å². The van der Waals surface area contributed by atoms with Crippen LogP contribution in [0.1, 0.15) is 31.7 Å². The van der Waals surface area contributed by atoms with Gasteiger partial charge in [0.05, 0.1) is 15.7 Å². The smallest absolute Gasteiger partial charge is 0.172 e. The van der Waals surface area contributed by atoms with Crippen molar-refractivity contribution in [1.82, 2.24) is 0 Å². The quantitative estimate of drug-likeness (QED) is 0.823. The van der Waals surface area contributed by atoms with Crippen molar-refractivity contribution < 1.29 is 9.00 Å². The Morgan fingerprint density at radius 2 is 1.82 bits per heavy atom. The second-order valence-corrected chi connectivity index (χ2v) is 5.71. The zero-order chi connectivity index (χ0) is 12.4. The van der Waals surface area contributed by atoms with Crippen LogP contribution in [0.25, 0.3) is 0 Å². The fourth-order valence-electron chi connectivity index (χ4n) is 2.04. The molecule has 0 aromatic heterocycles. The van der Waals surface area contributed by atoms with E-state index in [4.69, 9.17) is 0 Å². The second kappa shape index (κ2) is 4.96. The summed E-state index contributed by atoms with van der Waals surface area (Å²) in [6.45, 7) is 4.00. The van der Waals surface area contributed by atoms with Crippen LogP contribution in [0.4, 0.5) is 0 Å². The molecule has 2 rings (SSSR count). The first-order valence-electron chi connectivity index (χ1n) is 5.87. The fraction of sp³-hybridized carbons (Fsp3) is 0.357. The summed E-state index contributed by atoms with van der Waals surface area (Å²) in [5.41, 5.74) is 2.20. The first-order chi connectivity index (χ1) is 8.13. The largest absolute Gasteiger partial charge is 0.293 e. The molecule has 0 heterocycles. The summed E-state index contributed by atoms with van der Waals surface area (Å²) in [6.07, 6.45) is 2.12. The van der Waals surface area contributed by atoms with Crippen molar-refractivity contribution in [2.75, 3.05) is 0 Å². The summed E-state index contributed by atoms with van der Waals surface area (Å²) in [5.74, 6) is 0.0563. The van der Waals surface area contributed by atoms with Gasteiger partial charge in [0.25, 0.3) is 0 Å². The Labute approximate surface area is 104 Å². The molecule has 0 fully saturated rings. The minimum Gasteiger partial charge on any atom is -0.293 e. The molecule has 1 atom stereocenters. The molecule has 0 aliphatic heterocycles. The Kier molecular flexibility index (Phi) is 3.57. The molecular formula is C14H16O2S. The molecular weight excluding hydrogens is 232 g/mol. The lowest BCUT2D eigenvalue weighted by Crippen LogP contribution is -2.04. The van der Waals surface area contributed by atoms with Gasteiger partial charge in [0.15, 0.2) is 5.78 Å². The van der Waals surface area contributed by atoms with Gasteiger partial charge in [-0.3, -0.25) is 4.79 Å². The molecule has 0 bridgehead atoms. The minimum atomic E-state index is -1.30. The zero-order valence-corrected chi connectivity index (χ0v) is 11.0. The molecule has 1 aromatic rings. The highest BCUT2D eigenvalue weighted by Crippen LogP contribution is 2.30. The van der Waals surface area contributed by atoms with E-state index in [1.165, 1.54) is 0 Å². The Hall–Kier alpha value is -1.22. The van der Waals surface area contributed by atoms with E-state index in [0.29, 0.717) is 11.3 Å².